The van der Waals surface area contributed by atoms with Crippen LogP contribution in [0.1, 0.15) is 13.8 Å². The van der Waals surface area contributed by atoms with Gasteiger partial charge >= 0.3 is 0 Å². The fourth-order valence-corrected chi connectivity index (χ4v) is 4.99. The molecule has 4 heterocycles. The number of nitrogens with zero attached hydrogens (tertiary/aromatic N) is 6. The lowest BCUT2D eigenvalue weighted by molar-refractivity contribution is -0.121. The maximum absolute atomic E-state index is 15.0. The van der Waals surface area contributed by atoms with E-state index >= 15 is 4.39 Å². The van der Waals surface area contributed by atoms with Crippen LogP contribution in [0.25, 0.3) is 22.2 Å². The Balaban J connectivity index is 1.33. The number of carbonyl (C=O) groups excluding carboxylic acids is 1. The van der Waals surface area contributed by atoms with Crippen LogP contribution >= 0.6 is 0 Å². The quantitative estimate of drug-likeness (QED) is 0.251. The number of benzene rings is 1. The summed E-state index contributed by atoms with van der Waals surface area (Å²) >= 11 is 0. The first-order chi connectivity index (χ1) is 19.9. The molecule has 0 saturated carbocycles. The summed E-state index contributed by atoms with van der Waals surface area (Å²) in [6, 6.07) is 5.22. The fraction of sp³-hybridized carbons (Fsp3) is 0.429. The number of para-hydroxylation sites is 1. The number of amides is 1. The van der Waals surface area contributed by atoms with Crippen LogP contribution in [-0.4, -0.2) is 99.5 Å². The molecule has 1 aliphatic rings. The Hall–Kier alpha value is -4.07. The zero-order chi connectivity index (χ0) is 28.9. The van der Waals surface area contributed by atoms with E-state index in [-0.39, 0.29) is 23.6 Å². The summed E-state index contributed by atoms with van der Waals surface area (Å²) in [5.41, 5.74) is 2.55. The largest absolute Gasteiger partial charge is 0.475 e. The van der Waals surface area contributed by atoms with Crippen LogP contribution < -0.4 is 15.4 Å². The van der Waals surface area contributed by atoms with Gasteiger partial charge in [0.25, 0.3) is 5.88 Å². The van der Waals surface area contributed by atoms with Crippen molar-refractivity contribution in [3.8, 4) is 17.1 Å². The minimum atomic E-state index is -0.569. The molecule has 1 aromatic carbocycles. The van der Waals surface area contributed by atoms with Gasteiger partial charge in [-0.1, -0.05) is 12.1 Å². The number of nitrogens with one attached hydrogen (secondary N) is 3. The number of fused-ring (bicyclic) bond motifs is 1. The number of ether oxygens (including phenoxy) is 2. The highest BCUT2D eigenvalue weighted by Crippen LogP contribution is 2.34. The first kappa shape index (κ1) is 28.5. The zero-order valence-electron chi connectivity index (χ0n) is 23.8. The van der Waals surface area contributed by atoms with Gasteiger partial charge in [0.15, 0.2) is 5.82 Å². The molecule has 0 spiro atoms. The van der Waals surface area contributed by atoms with Gasteiger partial charge in [-0.2, -0.15) is 0 Å². The van der Waals surface area contributed by atoms with Crippen molar-refractivity contribution in [2.75, 3.05) is 63.7 Å². The Morgan fingerprint density at radius 3 is 2.78 bits per heavy atom. The van der Waals surface area contributed by atoms with Crippen LogP contribution in [0.3, 0.4) is 0 Å². The number of carbonyl (C=O) groups is 1. The molecular formula is C28H36FN9O3. The Kier molecular flexibility index (Phi) is 8.76. The van der Waals surface area contributed by atoms with Gasteiger partial charge in [-0.25, -0.2) is 14.4 Å². The van der Waals surface area contributed by atoms with Crippen LogP contribution in [-0.2, 0) is 16.6 Å². The maximum atomic E-state index is 15.0. The van der Waals surface area contributed by atoms with Crippen LogP contribution in [0.5, 0.6) is 5.88 Å². The normalized spacial score (nSPS) is 15.2. The van der Waals surface area contributed by atoms with Crippen molar-refractivity contribution in [1.29, 1.82) is 0 Å². The number of anilines is 3. The molecule has 3 N–H and O–H groups in total. The molecule has 1 amide bonds. The van der Waals surface area contributed by atoms with Crippen molar-refractivity contribution < 1.29 is 18.7 Å². The van der Waals surface area contributed by atoms with Crippen LogP contribution in [0.4, 0.5) is 21.7 Å². The fourth-order valence-electron chi connectivity index (χ4n) is 4.99. The van der Waals surface area contributed by atoms with Gasteiger partial charge in [-0.3, -0.25) is 19.3 Å². The Morgan fingerprint density at radius 2 is 2.02 bits per heavy atom. The van der Waals surface area contributed by atoms with Crippen molar-refractivity contribution in [2.24, 2.45) is 7.05 Å². The second-order valence-corrected chi connectivity index (χ2v) is 9.94. The zero-order valence-corrected chi connectivity index (χ0v) is 23.8. The number of hydrogen-bond acceptors (Lipinski definition) is 9. The Morgan fingerprint density at radius 1 is 1.22 bits per heavy atom. The third-order valence-electron chi connectivity index (χ3n) is 7.24. The van der Waals surface area contributed by atoms with E-state index in [2.05, 4.69) is 40.5 Å². The molecule has 5 rings (SSSR count). The topological polar surface area (TPSA) is 125 Å². The molecule has 41 heavy (non-hydrogen) atoms. The lowest BCUT2D eigenvalue weighted by Crippen LogP contribution is -2.53. The average molecular weight is 566 g/mol. The Labute approximate surface area is 237 Å². The number of aromatic amines is 1. The summed E-state index contributed by atoms with van der Waals surface area (Å²) < 4.78 is 27.4. The molecule has 4 aromatic rings. The minimum Gasteiger partial charge on any atom is -0.475 e. The molecular weight excluding hydrogens is 529 g/mol. The first-order valence-corrected chi connectivity index (χ1v) is 13.7. The summed E-state index contributed by atoms with van der Waals surface area (Å²) in [6.07, 6.45) is 4.55. The lowest BCUT2D eigenvalue weighted by Gasteiger charge is -2.37. The molecule has 1 unspecified atom stereocenters. The minimum absolute atomic E-state index is 0.0970. The monoisotopic (exact) mass is 565 g/mol. The number of piperazine rings is 1. The van der Waals surface area contributed by atoms with E-state index in [0.29, 0.717) is 41.5 Å². The van der Waals surface area contributed by atoms with E-state index in [1.165, 1.54) is 0 Å². The van der Waals surface area contributed by atoms with E-state index < -0.39 is 5.82 Å². The predicted octanol–water partition coefficient (Wildman–Crippen LogP) is 3.23. The Bertz CT molecular complexity index is 1500. The molecule has 0 radical (unpaired) electrons. The van der Waals surface area contributed by atoms with Gasteiger partial charge in [0.1, 0.15) is 11.4 Å². The molecule has 1 saturated heterocycles. The van der Waals surface area contributed by atoms with Gasteiger partial charge in [-0.05, 0) is 19.9 Å². The standard InChI is InChI=1S/C28H36FN9O3/c1-5-41-27-23(17-36(3)35-27)33-28-31-16-21(29)24(34-28)20-15-30-25-19(20)7-6-8-22(25)32-26(39)18(2)38-11-9-37(10-12-38)13-14-40-4/h6-8,15-18,30H,5,9-14H2,1-4H3,(H,32,39)(H,31,33,34). The summed E-state index contributed by atoms with van der Waals surface area (Å²) in [7, 11) is 3.48. The predicted molar refractivity (Wildman–Crippen MR) is 155 cm³/mol. The molecule has 3 aromatic heterocycles. The molecule has 1 aliphatic heterocycles. The van der Waals surface area contributed by atoms with Crippen LogP contribution in [0.2, 0.25) is 0 Å². The molecule has 0 aliphatic carbocycles. The van der Waals surface area contributed by atoms with Crippen molar-refractivity contribution in [3.63, 3.8) is 0 Å². The molecule has 1 atom stereocenters. The number of halogens is 1. The summed E-state index contributed by atoms with van der Waals surface area (Å²) in [4.78, 5) is 29.5. The smallest absolute Gasteiger partial charge is 0.256 e. The number of aromatic nitrogens is 5. The average Bonchev–Trinajstić information content (AvgIpc) is 3.56. The molecule has 13 heteroatoms. The summed E-state index contributed by atoms with van der Waals surface area (Å²) in [5, 5.41) is 11.1. The second kappa shape index (κ2) is 12.6. The summed E-state index contributed by atoms with van der Waals surface area (Å²) in [5.74, 6) is -0.0647. The third kappa shape index (κ3) is 6.32. The van der Waals surface area contributed by atoms with E-state index in [9.17, 15) is 4.79 Å². The number of hydrogen-bond donors (Lipinski definition) is 3. The number of rotatable bonds is 11. The number of H-pyrrole nitrogens is 1. The lowest BCUT2D eigenvalue weighted by atomic mass is 10.1. The van der Waals surface area contributed by atoms with E-state index in [1.54, 1.807) is 31.2 Å². The summed E-state index contributed by atoms with van der Waals surface area (Å²) in [6.45, 7) is 9.23. The second-order valence-electron chi connectivity index (χ2n) is 9.94. The molecule has 218 valence electrons. The third-order valence-corrected chi connectivity index (χ3v) is 7.24. The molecule has 12 nitrogen and oxygen atoms in total. The highest BCUT2D eigenvalue weighted by Gasteiger charge is 2.26. The van der Waals surface area contributed by atoms with Gasteiger partial charge in [0.05, 0.1) is 42.9 Å². The van der Waals surface area contributed by atoms with Crippen molar-refractivity contribution in [1.82, 2.24) is 34.5 Å². The van der Waals surface area contributed by atoms with Gasteiger partial charge in [0, 0.05) is 64.0 Å². The SMILES string of the molecule is CCOc1nn(C)cc1Nc1ncc(F)c(-c2c[nH]c3c(NC(=O)C(C)N4CCN(CCOC)CC4)cccc23)n1. The number of methoxy groups -OCH3 is 1. The van der Waals surface area contributed by atoms with E-state index in [0.717, 1.165) is 44.3 Å². The van der Waals surface area contributed by atoms with Crippen molar-refractivity contribution in [3.05, 3.63) is 42.6 Å². The molecule has 0 bridgehead atoms. The van der Waals surface area contributed by atoms with Gasteiger partial charge in [0.2, 0.25) is 11.9 Å². The van der Waals surface area contributed by atoms with Crippen LogP contribution in [0, 0.1) is 5.82 Å². The van der Waals surface area contributed by atoms with Crippen LogP contribution in [0.15, 0.2) is 36.8 Å². The van der Waals surface area contributed by atoms with Gasteiger partial charge in [-0.15, -0.1) is 5.10 Å². The van der Waals surface area contributed by atoms with Gasteiger partial charge < -0.3 is 25.1 Å². The molecule has 1 fully saturated rings. The highest BCUT2D eigenvalue weighted by atomic mass is 19.1. The highest BCUT2D eigenvalue weighted by molar-refractivity contribution is 6.06. The van der Waals surface area contributed by atoms with Crippen molar-refractivity contribution >= 4 is 34.1 Å². The van der Waals surface area contributed by atoms with E-state index in [4.69, 9.17) is 9.47 Å². The first-order valence-electron chi connectivity index (χ1n) is 13.7. The number of aryl methyl sites for hydroxylation is 1. The van der Waals surface area contributed by atoms with Crippen molar-refractivity contribution in [2.45, 2.75) is 19.9 Å². The van der Waals surface area contributed by atoms with E-state index in [1.807, 2.05) is 32.0 Å². The maximum Gasteiger partial charge on any atom is 0.256 e.